The Kier molecular flexibility index (Phi) is 9.05. The van der Waals surface area contributed by atoms with Crippen LogP contribution in [0.1, 0.15) is 31.8 Å². The summed E-state index contributed by atoms with van der Waals surface area (Å²) in [6, 6.07) is 25.6. The van der Waals surface area contributed by atoms with Crippen molar-refractivity contribution in [3.63, 3.8) is 0 Å². The third kappa shape index (κ3) is 7.29. The molecule has 0 saturated heterocycles. The summed E-state index contributed by atoms with van der Waals surface area (Å²) in [4.78, 5) is 38.5. The highest BCUT2D eigenvalue weighted by Gasteiger charge is 2.16. The van der Waals surface area contributed by atoms with Crippen molar-refractivity contribution in [2.75, 3.05) is 5.32 Å². The van der Waals surface area contributed by atoms with Gasteiger partial charge in [0.05, 0.1) is 10.0 Å². The van der Waals surface area contributed by atoms with Crippen LogP contribution < -0.4 is 10.6 Å². The van der Waals surface area contributed by atoms with Crippen molar-refractivity contribution in [2.45, 2.75) is 0 Å². The van der Waals surface area contributed by atoms with Crippen LogP contribution in [0.2, 0.25) is 10.0 Å². The molecule has 0 aliphatic carbocycles. The molecule has 39 heavy (non-hydrogen) atoms. The Bertz CT molecular complexity index is 1580. The van der Waals surface area contributed by atoms with Gasteiger partial charge in [-0.3, -0.25) is 14.4 Å². The van der Waals surface area contributed by atoms with Crippen LogP contribution in [-0.4, -0.2) is 17.6 Å². The van der Waals surface area contributed by atoms with E-state index in [1.165, 1.54) is 36.4 Å². The molecule has 0 unspecified atom stereocenters. The van der Waals surface area contributed by atoms with Crippen molar-refractivity contribution in [3.05, 3.63) is 147 Å². The van der Waals surface area contributed by atoms with Gasteiger partial charge in [0.1, 0.15) is 11.5 Å². The molecule has 4 aromatic carbocycles. The van der Waals surface area contributed by atoms with Crippen molar-refractivity contribution < 1.29 is 18.8 Å². The molecule has 0 fully saturated rings. The minimum absolute atomic E-state index is 0.0685. The lowest BCUT2D eigenvalue weighted by molar-refractivity contribution is -0.113. The molecule has 8 heteroatoms. The Morgan fingerprint density at radius 3 is 2.10 bits per heavy atom. The van der Waals surface area contributed by atoms with E-state index >= 15 is 0 Å². The number of hydrogen-bond donors (Lipinski definition) is 2. The maximum atomic E-state index is 13.8. The Hall–Kier alpha value is -4.52. The number of nitrogens with one attached hydrogen (secondary N) is 2. The van der Waals surface area contributed by atoms with E-state index in [2.05, 4.69) is 10.6 Å². The molecule has 0 aliphatic rings. The Balaban J connectivity index is 1.53. The zero-order valence-electron chi connectivity index (χ0n) is 20.3. The number of allylic oxidation sites excluding steroid dienone is 1. The summed E-state index contributed by atoms with van der Waals surface area (Å²) in [5.74, 6) is -1.86. The topological polar surface area (TPSA) is 75.3 Å². The van der Waals surface area contributed by atoms with Crippen molar-refractivity contribution in [1.82, 2.24) is 5.32 Å². The molecule has 0 saturated carbocycles. The molecule has 0 aliphatic heterocycles. The predicted molar refractivity (Wildman–Crippen MR) is 153 cm³/mol. The van der Waals surface area contributed by atoms with Crippen molar-refractivity contribution in [3.8, 4) is 0 Å². The second kappa shape index (κ2) is 12.8. The minimum Gasteiger partial charge on any atom is -0.321 e. The van der Waals surface area contributed by atoms with E-state index in [0.717, 1.165) is 0 Å². The first-order valence-electron chi connectivity index (χ1n) is 11.7. The number of hydrogen-bond acceptors (Lipinski definition) is 3. The summed E-state index contributed by atoms with van der Waals surface area (Å²) in [6.07, 6.45) is 4.11. The number of ketones is 1. The first-order chi connectivity index (χ1) is 18.8. The van der Waals surface area contributed by atoms with Gasteiger partial charge in [-0.1, -0.05) is 71.7 Å². The van der Waals surface area contributed by atoms with Crippen LogP contribution in [0.5, 0.6) is 0 Å². The van der Waals surface area contributed by atoms with E-state index in [-0.39, 0.29) is 16.5 Å². The van der Waals surface area contributed by atoms with Crippen LogP contribution in [0.3, 0.4) is 0 Å². The Labute approximate surface area is 234 Å². The average Bonchev–Trinajstić information content (AvgIpc) is 2.95. The fourth-order valence-electron chi connectivity index (χ4n) is 3.52. The lowest BCUT2D eigenvalue weighted by Gasteiger charge is -2.12. The van der Waals surface area contributed by atoms with Gasteiger partial charge in [-0.15, -0.1) is 0 Å². The van der Waals surface area contributed by atoms with Gasteiger partial charge in [0, 0.05) is 22.4 Å². The van der Waals surface area contributed by atoms with Crippen molar-refractivity contribution >= 4 is 58.6 Å². The lowest BCUT2D eigenvalue weighted by atomic mass is 10.1. The monoisotopic (exact) mass is 558 g/mol. The third-order valence-corrected chi connectivity index (χ3v) is 6.39. The molecule has 0 atom stereocenters. The molecular formula is C31H21Cl2FN2O3. The number of carbonyl (C=O) groups excluding carboxylic acids is 3. The van der Waals surface area contributed by atoms with Crippen LogP contribution in [0.25, 0.3) is 12.2 Å². The summed E-state index contributed by atoms with van der Waals surface area (Å²) < 4.78 is 13.8. The van der Waals surface area contributed by atoms with Crippen LogP contribution in [-0.2, 0) is 4.79 Å². The van der Waals surface area contributed by atoms with E-state index < -0.39 is 17.6 Å². The molecule has 4 rings (SSSR count). The first kappa shape index (κ1) is 27.5. The first-order valence-corrected chi connectivity index (χ1v) is 12.5. The minimum atomic E-state index is -0.617. The lowest BCUT2D eigenvalue weighted by Crippen LogP contribution is -2.30. The molecular weight excluding hydrogens is 538 g/mol. The summed E-state index contributed by atoms with van der Waals surface area (Å²) in [5, 5.41) is 5.86. The van der Waals surface area contributed by atoms with Gasteiger partial charge in [0.25, 0.3) is 11.8 Å². The maximum absolute atomic E-state index is 13.8. The number of amides is 2. The highest BCUT2D eigenvalue weighted by molar-refractivity contribution is 6.43. The molecule has 0 bridgehead atoms. The quantitative estimate of drug-likeness (QED) is 0.174. The van der Waals surface area contributed by atoms with Crippen LogP contribution in [0.15, 0.2) is 109 Å². The van der Waals surface area contributed by atoms with Gasteiger partial charge in [-0.2, -0.15) is 0 Å². The van der Waals surface area contributed by atoms with E-state index in [9.17, 15) is 18.8 Å². The third-order valence-electron chi connectivity index (χ3n) is 5.56. The standard InChI is InChI=1S/C31H21Cl2FN2O3/c32-25-11-6-10-23(29(25)33)19-27(36-30(38)22-8-2-1-3-9-22)31(39)35-24-16-13-21(14-17-24)28(37)18-15-20-7-4-5-12-26(20)34/h1-19H,(H,35,39)(H,36,38)/b18-15+,27-19-. The van der Waals surface area contributed by atoms with Gasteiger partial charge < -0.3 is 10.6 Å². The largest absolute Gasteiger partial charge is 0.321 e. The predicted octanol–water partition coefficient (Wildman–Crippen LogP) is 7.44. The van der Waals surface area contributed by atoms with Crippen LogP contribution in [0, 0.1) is 5.82 Å². The van der Waals surface area contributed by atoms with E-state index in [1.54, 1.807) is 78.9 Å². The van der Waals surface area contributed by atoms with Gasteiger partial charge >= 0.3 is 0 Å². The van der Waals surface area contributed by atoms with Crippen LogP contribution in [0.4, 0.5) is 10.1 Å². The van der Waals surface area contributed by atoms with Gasteiger partial charge in [0.15, 0.2) is 5.78 Å². The number of carbonyl (C=O) groups is 3. The number of benzene rings is 4. The second-order valence-corrected chi connectivity index (χ2v) is 9.06. The van der Waals surface area contributed by atoms with E-state index in [1.807, 2.05) is 0 Å². The van der Waals surface area contributed by atoms with E-state index in [0.29, 0.717) is 33.0 Å². The van der Waals surface area contributed by atoms with Gasteiger partial charge in [-0.05, 0) is 72.3 Å². The van der Waals surface area contributed by atoms with Crippen molar-refractivity contribution in [2.24, 2.45) is 0 Å². The van der Waals surface area contributed by atoms with Crippen LogP contribution >= 0.6 is 23.2 Å². The summed E-state index contributed by atoms with van der Waals surface area (Å²) in [6.45, 7) is 0. The summed E-state index contributed by atoms with van der Waals surface area (Å²) in [7, 11) is 0. The highest BCUT2D eigenvalue weighted by Crippen LogP contribution is 2.27. The molecule has 0 spiro atoms. The molecule has 0 radical (unpaired) electrons. The normalized spacial score (nSPS) is 11.3. The van der Waals surface area contributed by atoms with E-state index in [4.69, 9.17) is 23.2 Å². The smallest absolute Gasteiger partial charge is 0.272 e. The van der Waals surface area contributed by atoms with Gasteiger partial charge in [0.2, 0.25) is 0 Å². The number of halogens is 3. The Morgan fingerprint density at radius 2 is 1.38 bits per heavy atom. The Morgan fingerprint density at radius 1 is 0.718 bits per heavy atom. The maximum Gasteiger partial charge on any atom is 0.272 e. The fourth-order valence-corrected chi connectivity index (χ4v) is 3.88. The van der Waals surface area contributed by atoms with Crippen molar-refractivity contribution in [1.29, 1.82) is 0 Å². The average molecular weight is 559 g/mol. The summed E-state index contributed by atoms with van der Waals surface area (Å²) >= 11 is 12.4. The summed E-state index contributed by atoms with van der Waals surface area (Å²) in [5.41, 5.74) is 1.75. The molecule has 0 heterocycles. The molecule has 2 amide bonds. The molecule has 5 nitrogen and oxygen atoms in total. The molecule has 0 aromatic heterocycles. The SMILES string of the molecule is O=C(Nc1ccc(C(=O)/C=C/c2ccccc2F)cc1)/C(=C/c1cccc(Cl)c1Cl)NC(=O)c1ccccc1. The second-order valence-electron chi connectivity index (χ2n) is 8.27. The zero-order chi connectivity index (χ0) is 27.8. The number of rotatable bonds is 8. The highest BCUT2D eigenvalue weighted by atomic mass is 35.5. The molecule has 2 N–H and O–H groups in total. The molecule has 4 aromatic rings. The number of anilines is 1. The zero-order valence-corrected chi connectivity index (χ0v) is 21.8. The van der Waals surface area contributed by atoms with Gasteiger partial charge in [-0.25, -0.2) is 4.39 Å². The molecule has 194 valence electrons. The fraction of sp³-hybridized carbons (Fsp3) is 0.